The van der Waals surface area contributed by atoms with Crippen LogP contribution in [0.25, 0.3) is 10.9 Å². The van der Waals surface area contributed by atoms with Crippen LogP contribution in [0.2, 0.25) is 0 Å². The van der Waals surface area contributed by atoms with Gasteiger partial charge in [0, 0.05) is 36.4 Å². The van der Waals surface area contributed by atoms with E-state index in [0.29, 0.717) is 13.2 Å². The molecule has 2 atom stereocenters. The molecule has 1 fully saturated rings. The third kappa shape index (κ3) is 4.19. The van der Waals surface area contributed by atoms with Gasteiger partial charge in [0.2, 0.25) is 0 Å². The first kappa shape index (κ1) is 18.7. The molecule has 0 bridgehead atoms. The van der Waals surface area contributed by atoms with E-state index in [1.807, 2.05) is 38.2 Å². The maximum absolute atomic E-state index is 5.94. The van der Waals surface area contributed by atoms with Crippen LogP contribution in [0.1, 0.15) is 20.8 Å². The van der Waals surface area contributed by atoms with Crippen molar-refractivity contribution in [1.29, 1.82) is 0 Å². The Balaban J connectivity index is 1.89. The minimum absolute atomic E-state index is 0.158. The zero-order chi connectivity index (χ0) is 18.5. The summed E-state index contributed by atoms with van der Waals surface area (Å²) in [5.41, 5.74) is 1.92. The summed E-state index contributed by atoms with van der Waals surface area (Å²) in [5.74, 6) is 1.48. The van der Waals surface area contributed by atoms with Gasteiger partial charge in [-0.15, -0.1) is 0 Å². The number of benzene rings is 1. The summed E-state index contributed by atoms with van der Waals surface area (Å²) in [6.45, 7) is 9.97. The Morgan fingerprint density at radius 2 is 2.00 bits per heavy atom. The summed E-state index contributed by atoms with van der Waals surface area (Å²) in [7, 11) is 2.13. The molecule has 1 aliphatic rings. The Kier molecular flexibility index (Phi) is 6.16. The van der Waals surface area contributed by atoms with Crippen molar-refractivity contribution >= 4 is 16.6 Å². The van der Waals surface area contributed by atoms with Gasteiger partial charge in [-0.05, 0) is 40.0 Å². The van der Waals surface area contributed by atoms with Crippen molar-refractivity contribution in [3.8, 4) is 11.5 Å². The number of ether oxygens (including phenoxy) is 3. The van der Waals surface area contributed by atoms with Crippen LogP contribution in [-0.2, 0) is 4.74 Å². The lowest BCUT2D eigenvalue weighted by Crippen LogP contribution is -2.47. The van der Waals surface area contributed by atoms with Gasteiger partial charge in [0.15, 0.2) is 11.5 Å². The van der Waals surface area contributed by atoms with Gasteiger partial charge in [0.05, 0.1) is 37.5 Å². The molecule has 1 aromatic heterocycles. The van der Waals surface area contributed by atoms with Gasteiger partial charge in [-0.2, -0.15) is 0 Å². The highest BCUT2D eigenvalue weighted by atomic mass is 16.5. The third-order valence-corrected chi connectivity index (χ3v) is 4.64. The maximum atomic E-state index is 5.94. The fraction of sp³-hybridized carbons (Fsp3) is 0.550. The molecular weight excluding hydrogens is 330 g/mol. The molecule has 26 heavy (non-hydrogen) atoms. The van der Waals surface area contributed by atoms with Gasteiger partial charge in [-0.25, -0.2) is 0 Å². The molecule has 0 aliphatic carbocycles. The highest BCUT2D eigenvalue weighted by Crippen LogP contribution is 2.35. The average molecular weight is 359 g/mol. The molecule has 6 heteroatoms. The molecular formula is C20H29N3O3. The molecule has 1 N–H and O–H groups in total. The normalized spacial score (nSPS) is 19.3. The fourth-order valence-electron chi connectivity index (χ4n) is 3.27. The van der Waals surface area contributed by atoms with E-state index < -0.39 is 0 Å². The molecule has 1 aliphatic heterocycles. The Bertz CT molecular complexity index is 738. The number of fused-ring (bicyclic) bond motifs is 1. The van der Waals surface area contributed by atoms with Gasteiger partial charge >= 0.3 is 0 Å². The van der Waals surface area contributed by atoms with Crippen LogP contribution in [0.3, 0.4) is 0 Å². The molecule has 3 rings (SSSR count). The summed E-state index contributed by atoms with van der Waals surface area (Å²) in [5, 5.41) is 4.63. The van der Waals surface area contributed by atoms with E-state index in [1.165, 1.54) is 0 Å². The number of aromatic nitrogens is 1. The van der Waals surface area contributed by atoms with Crippen molar-refractivity contribution in [3.63, 3.8) is 0 Å². The summed E-state index contributed by atoms with van der Waals surface area (Å²) in [6, 6.07) is 6.15. The molecule has 2 unspecified atom stereocenters. The first-order valence-corrected chi connectivity index (χ1v) is 9.37. The SMILES string of the molecule is CCOc1cc2nccc(NC(C)C3CN(C)CCO3)c2cc1OCC. The zero-order valence-electron chi connectivity index (χ0n) is 16.1. The van der Waals surface area contributed by atoms with E-state index in [0.717, 1.165) is 47.8 Å². The van der Waals surface area contributed by atoms with Crippen molar-refractivity contribution < 1.29 is 14.2 Å². The second-order valence-electron chi connectivity index (χ2n) is 6.65. The number of hydrogen-bond donors (Lipinski definition) is 1. The predicted octanol–water partition coefficient (Wildman–Crippen LogP) is 3.16. The van der Waals surface area contributed by atoms with Crippen LogP contribution >= 0.6 is 0 Å². The van der Waals surface area contributed by atoms with Crippen molar-refractivity contribution in [2.24, 2.45) is 0 Å². The van der Waals surface area contributed by atoms with Gasteiger partial charge < -0.3 is 24.4 Å². The molecule has 6 nitrogen and oxygen atoms in total. The van der Waals surface area contributed by atoms with Crippen molar-refractivity contribution in [1.82, 2.24) is 9.88 Å². The van der Waals surface area contributed by atoms with Crippen LogP contribution in [0.4, 0.5) is 5.69 Å². The van der Waals surface area contributed by atoms with Crippen molar-refractivity contribution in [2.45, 2.75) is 32.9 Å². The third-order valence-electron chi connectivity index (χ3n) is 4.64. The first-order chi connectivity index (χ1) is 12.6. The number of pyridine rings is 1. The second kappa shape index (κ2) is 8.56. The first-order valence-electron chi connectivity index (χ1n) is 9.37. The number of hydrogen-bond acceptors (Lipinski definition) is 6. The topological polar surface area (TPSA) is 55.9 Å². The number of likely N-dealkylation sites (N-methyl/N-ethyl adjacent to an activating group) is 1. The van der Waals surface area contributed by atoms with E-state index in [-0.39, 0.29) is 12.1 Å². The monoisotopic (exact) mass is 359 g/mol. The fourth-order valence-corrected chi connectivity index (χ4v) is 3.27. The average Bonchev–Trinajstić information content (AvgIpc) is 2.63. The van der Waals surface area contributed by atoms with E-state index in [4.69, 9.17) is 14.2 Å². The lowest BCUT2D eigenvalue weighted by molar-refractivity contribution is -0.0259. The Hall–Kier alpha value is -2.05. The Labute approximate surface area is 155 Å². The number of rotatable bonds is 7. The molecule has 0 spiro atoms. The van der Waals surface area contributed by atoms with Crippen LogP contribution in [0, 0.1) is 0 Å². The molecule has 0 amide bonds. The molecule has 2 aromatic rings. The van der Waals surface area contributed by atoms with Crippen LogP contribution in [0.5, 0.6) is 11.5 Å². The molecule has 2 heterocycles. The summed E-state index contributed by atoms with van der Waals surface area (Å²) < 4.78 is 17.4. The van der Waals surface area contributed by atoms with E-state index >= 15 is 0 Å². The number of anilines is 1. The second-order valence-corrected chi connectivity index (χ2v) is 6.65. The van der Waals surface area contributed by atoms with Gasteiger partial charge in [0.25, 0.3) is 0 Å². The van der Waals surface area contributed by atoms with E-state index in [1.54, 1.807) is 0 Å². The lowest BCUT2D eigenvalue weighted by atomic mass is 10.1. The van der Waals surface area contributed by atoms with Gasteiger partial charge in [0.1, 0.15) is 0 Å². The number of nitrogens with zero attached hydrogens (tertiary/aromatic N) is 2. The standard InChI is InChI=1S/C20H29N3O3/c1-5-24-18-11-15-16(7-8-21-17(15)12-19(18)25-6-2)22-14(3)20-13-23(4)9-10-26-20/h7-8,11-12,14,20H,5-6,9-10,13H2,1-4H3,(H,21,22). The zero-order valence-corrected chi connectivity index (χ0v) is 16.1. The Morgan fingerprint density at radius 3 is 2.69 bits per heavy atom. The van der Waals surface area contributed by atoms with Gasteiger partial charge in [-0.3, -0.25) is 4.98 Å². The van der Waals surface area contributed by atoms with Crippen LogP contribution < -0.4 is 14.8 Å². The molecule has 1 aromatic carbocycles. The minimum atomic E-state index is 0.158. The minimum Gasteiger partial charge on any atom is -0.490 e. The molecule has 142 valence electrons. The highest BCUT2D eigenvalue weighted by Gasteiger charge is 2.24. The summed E-state index contributed by atoms with van der Waals surface area (Å²) in [6.07, 6.45) is 1.98. The lowest BCUT2D eigenvalue weighted by Gasteiger charge is -2.34. The van der Waals surface area contributed by atoms with Crippen molar-refractivity contribution in [3.05, 3.63) is 24.4 Å². The smallest absolute Gasteiger partial charge is 0.163 e. The highest BCUT2D eigenvalue weighted by molar-refractivity contribution is 5.93. The summed E-state index contributed by atoms with van der Waals surface area (Å²) in [4.78, 5) is 6.81. The predicted molar refractivity (Wildman–Crippen MR) is 104 cm³/mol. The van der Waals surface area contributed by atoms with Crippen LogP contribution in [-0.4, -0.2) is 62.0 Å². The molecule has 0 saturated carbocycles. The Morgan fingerprint density at radius 1 is 1.27 bits per heavy atom. The van der Waals surface area contributed by atoms with Crippen LogP contribution in [0.15, 0.2) is 24.4 Å². The maximum Gasteiger partial charge on any atom is 0.163 e. The number of morpholine rings is 1. The molecule has 0 radical (unpaired) electrons. The van der Waals surface area contributed by atoms with Gasteiger partial charge in [-0.1, -0.05) is 0 Å². The van der Waals surface area contributed by atoms with Crippen molar-refractivity contribution in [2.75, 3.05) is 45.3 Å². The largest absolute Gasteiger partial charge is 0.490 e. The van der Waals surface area contributed by atoms with E-state index in [9.17, 15) is 0 Å². The quantitative estimate of drug-likeness (QED) is 0.819. The number of nitrogens with one attached hydrogen (secondary N) is 1. The summed E-state index contributed by atoms with van der Waals surface area (Å²) >= 11 is 0. The molecule has 1 saturated heterocycles. The van der Waals surface area contributed by atoms with E-state index in [2.05, 4.69) is 29.2 Å².